The molecule has 4 rings (SSSR count). The average molecular weight is 571 g/mol. The predicted octanol–water partition coefficient (Wildman–Crippen LogP) is 7.08. The van der Waals surface area contributed by atoms with Gasteiger partial charge in [0.25, 0.3) is 11.7 Å². The molecule has 6 nitrogen and oxygen atoms in total. The summed E-state index contributed by atoms with van der Waals surface area (Å²) in [6.45, 7) is 0. The van der Waals surface area contributed by atoms with Crippen LogP contribution < -0.4 is 14.4 Å². The lowest BCUT2D eigenvalue weighted by Crippen LogP contribution is -2.29. The van der Waals surface area contributed by atoms with Gasteiger partial charge in [-0.25, -0.2) is 4.39 Å². The van der Waals surface area contributed by atoms with E-state index in [1.807, 2.05) is 0 Å². The van der Waals surface area contributed by atoms with Crippen LogP contribution in [0.5, 0.6) is 11.5 Å². The van der Waals surface area contributed by atoms with E-state index < -0.39 is 34.9 Å². The summed E-state index contributed by atoms with van der Waals surface area (Å²) < 4.78 is 25.6. The molecule has 0 bridgehead atoms. The molecule has 3 aromatic rings. The number of ether oxygens (including phenoxy) is 2. The fraction of sp³-hybridized carbons (Fsp3) is 0.120. The molecule has 1 atom stereocenters. The number of anilines is 1. The van der Waals surface area contributed by atoms with Gasteiger partial charge in [-0.2, -0.15) is 0 Å². The molecule has 1 aliphatic heterocycles. The number of aliphatic hydroxyl groups excluding tert-OH is 1. The van der Waals surface area contributed by atoms with Gasteiger partial charge >= 0.3 is 0 Å². The molecular formula is C25H16Cl4FNO5. The first-order valence-corrected chi connectivity index (χ1v) is 11.7. The molecule has 3 aromatic carbocycles. The summed E-state index contributed by atoms with van der Waals surface area (Å²) in [6, 6.07) is 9.72. The van der Waals surface area contributed by atoms with Crippen molar-refractivity contribution in [3.05, 3.63) is 91.1 Å². The molecule has 0 spiro atoms. The van der Waals surface area contributed by atoms with Crippen LogP contribution in [0.15, 0.2) is 54.1 Å². The maximum atomic E-state index is 15.1. The van der Waals surface area contributed by atoms with E-state index in [-0.39, 0.29) is 48.4 Å². The normalized spacial score (nSPS) is 17.0. The zero-order chi connectivity index (χ0) is 26.3. The van der Waals surface area contributed by atoms with E-state index in [0.29, 0.717) is 0 Å². The Morgan fingerprint density at radius 3 is 2.19 bits per heavy atom. The third-order valence-corrected chi connectivity index (χ3v) is 6.98. The number of hydrogen-bond donors (Lipinski definition) is 1. The molecule has 1 amide bonds. The highest BCUT2D eigenvalue weighted by Crippen LogP contribution is 2.48. The smallest absolute Gasteiger partial charge is 0.300 e. The Bertz CT molecular complexity index is 1440. The maximum absolute atomic E-state index is 15.1. The Hall–Kier alpha value is -2.97. The first kappa shape index (κ1) is 26.1. The summed E-state index contributed by atoms with van der Waals surface area (Å²) >= 11 is 24.8. The number of benzene rings is 3. The number of methoxy groups -OCH3 is 2. The van der Waals surface area contributed by atoms with Crippen LogP contribution in [0.25, 0.3) is 5.76 Å². The van der Waals surface area contributed by atoms with Gasteiger partial charge in [-0.1, -0.05) is 64.6 Å². The van der Waals surface area contributed by atoms with Crippen LogP contribution in [0.1, 0.15) is 17.2 Å². The highest BCUT2D eigenvalue weighted by Gasteiger charge is 2.48. The van der Waals surface area contributed by atoms with Gasteiger partial charge < -0.3 is 14.6 Å². The van der Waals surface area contributed by atoms with E-state index in [9.17, 15) is 14.7 Å². The van der Waals surface area contributed by atoms with Gasteiger partial charge in [0, 0.05) is 11.3 Å². The molecule has 1 N–H and O–H groups in total. The molecule has 1 fully saturated rings. The van der Waals surface area contributed by atoms with Crippen molar-refractivity contribution in [3.63, 3.8) is 0 Å². The Labute approximate surface area is 225 Å². The Morgan fingerprint density at radius 1 is 0.917 bits per heavy atom. The molecule has 1 unspecified atom stereocenters. The summed E-state index contributed by atoms with van der Waals surface area (Å²) in [6.07, 6.45) is 0. The zero-order valence-electron chi connectivity index (χ0n) is 18.6. The minimum absolute atomic E-state index is 0.00556. The van der Waals surface area contributed by atoms with Crippen LogP contribution in [0.4, 0.5) is 10.1 Å². The van der Waals surface area contributed by atoms with Crippen LogP contribution in [-0.2, 0) is 9.59 Å². The largest absolute Gasteiger partial charge is 0.507 e. The number of carbonyl (C=O) groups is 2. The number of halogens is 5. The zero-order valence-corrected chi connectivity index (χ0v) is 21.6. The van der Waals surface area contributed by atoms with Gasteiger partial charge in [-0.3, -0.25) is 14.5 Å². The lowest BCUT2D eigenvalue weighted by Gasteiger charge is -2.26. The van der Waals surface area contributed by atoms with Crippen LogP contribution >= 0.6 is 46.4 Å². The van der Waals surface area contributed by atoms with Crippen LogP contribution in [0.3, 0.4) is 0 Å². The molecule has 36 heavy (non-hydrogen) atoms. The first-order valence-electron chi connectivity index (χ1n) is 10.2. The van der Waals surface area contributed by atoms with Gasteiger partial charge in [0.2, 0.25) is 0 Å². The number of rotatable bonds is 5. The van der Waals surface area contributed by atoms with E-state index in [4.69, 9.17) is 55.9 Å². The highest BCUT2D eigenvalue weighted by atomic mass is 35.5. The van der Waals surface area contributed by atoms with E-state index in [0.717, 1.165) is 4.90 Å². The van der Waals surface area contributed by atoms with E-state index in [2.05, 4.69) is 0 Å². The second kappa shape index (κ2) is 10.2. The number of carbonyl (C=O) groups excluding carboxylic acids is 2. The summed E-state index contributed by atoms with van der Waals surface area (Å²) in [5.74, 6) is -3.47. The second-order valence-corrected chi connectivity index (χ2v) is 9.18. The molecule has 0 saturated carbocycles. The van der Waals surface area contributed by atoms with Crippen molar-refractivity contribution >= 4 is 69.5 Å². The van der Waals surface area contributed by atoms with Gasteiger partial charge in [-0.15, -0.1) is 0 Å². The van der Waals surface area contributed by atoms with Crippen LogP contribution in [-0.4, -0.2) is 31.0 Å². The SMILES string of the molecule is COc1c(Cl)cc(/C(O)=C2\C(=O)C(=O)N(c3ccc(Cl)c(Cl)c3)C2c2ccccc2F)c(OC)c1Cl. The number of nitrogens with zero attached hydrogens (tertiary/aromatic N) is 1. The van der Waals surface area contributed by atoms with Crippen LogP contribution in [0, 0.1) is 5.82 Å². The van der Waals surface area contributed by atoms with Gasteiger partial charge in [-0.05, 0) is 30.3 Å². The standard InChI is InChI=1S/C25H16Cl4FNO5/c1-35-23-13(10-16(28)24(36-2)19(23)29)21(32)18-20(12-5-3-4-6-17(12)30)31(25(34)22(18)33)11-7-8-14(26)15(27)9-11/h3-10,20,32H,1-2H3/b21-18+. The van der Waals surface area contributed by atoms with Crippen molar-refractivity contribution in [1.82, 2.24) is 0 Å². The summed E-state index contributed by atoms with van der Waals surface area (Å²) in [5.41, 5.74) is -0.390. The molecular weight excluding hydrogens is 555 g/mol. The Balaban J connectivity index is 2.04. The third-order valence-electron chi connectivity index (χ3n) is 5.62. The predicted molar refractivity (Wildman–Crippen MR) is 137 cm³/mol. The topological polar surface area (TPSA) is 76.1 Å². The van der Waals surface area contributed by atoms with Crippen molar-refractivity contribution in [2.45, 2.75) is 6.04 Å². The summed E-state index contributed by atoms with van der Waals surface area (Å²) in [7, 11) is 2.63. The fourth-order valence-corrected chi connectivity index (χ4v) is 5.00. The molecule has 1 saturated heterocycles. The lowest BCUT2D eigenvalue weighted by atomic mass is 9.94. The van der Waals surface area contributed by atoms with Crippen molar-refractivity contribution in [2.24, 2.45) is 0 Å². The fourth-order valence-electron chi connectivity index (χ4n) is 4.02. The molecule has 11 heteroatoms. The number of Topliss-reactive ketones (excluding diaryl/α,β-unsaturated/α-hetero) is 1. The number of aliphatic hydroxyl groups is 1. The number of ketones is 1. The third kappa shape index (κ3) is 4.26. The quantitative estimate of drug-likeness (QED) is 0.201. The monoisotopic (exact) mass is 569 g/mol. The van der Waals surface area contributed by atoms with E-state index in [1.165, 1.54) is 62.8 Å². The average Bonchev–Trinajstić information content (AvgIpc) is 3.11. The minimum atomic E-state index is -1.37. The lowest BCUT2D eigenvalue weighted by molar-refractivity contribution is -0.132. The Kier molecular flexibility index (Phi) is 7.38. The molecule has 0 aromatic heterocycles. The number of hydrogen-bond acceptors (Lipinski definition) is 5. The maximum Gasteiger partial charge on any atom is 0.300 e. The van der Waals surface area contributed by atoms with E-state index in [1.54, 1.807) is 0 Å². The minimum Gasteiger partial charge on any atom is -0.507 e. The van der Waals surface area contributed by atoms with Crippen molar-refractivity contribution in [1.29, 1.82) is 0 Å². The molecule has 1 heterocycles. The molecule has 186 valence electrons. The van der Waals surface area contributed by atoms with E-state index >= 15 is 4.39 Å². The highest BCUT2D eigenvalue weighted by molar-refractivity contribution is 6.52. The molecule has 0 aliphatic carbocycles. The summed E-state index contributed by atoms with van der Waals surface area (Å²) in [4.78, 5) is 27.6. The van der Waals surface area contributed by atoms with Crippen molar-refractivity contribution in [2.75, 3.05) is 19.1 Å². The molecule has 0 radical (unpaired) electrons. The molecule has 1 aliphatic rings. The van der Waals surface area contributed by atoms with Crippen molar-refractivity contribution in [3.8, 4) is 11.5 Å². The number of amides is 1. The van der Waals surface area contributed by atoms with Gasteiger partial charge in [0.05, 0.1) is 46.5 Å². The first-order chi connectivity index (χ1) is 17.1. The summed E-state index contributed by atoms with van der Waals surface area (Å²) in [5, 5.41) is 11.6. The van der Waals surface area contributed by atoms with Gasteiger partial charge in [0.1, 0.15) is 16.6 Å². The second-order valence-electron chi connectivity index (χ2n) is 7.58. The van der Waals surface area contributed by atoms with Crippen molar-refractivity contribution < 1.29 is 28.6 Å². The van der Waals surface area contributed by atoms with Gasteiger partial charge in [0.15, 0.2) is 11.5 Å². The van der Waals surface area contributed by atoms with Crippen LogP contribution in [0.2, 0.25) is 20.1 Å². The Morgan fingerprint density at radius 2 is 1.58 bits per heavy atom.